The zero-order chi connectivity index (χ0) is 18.6. The highest BCUT2D eigenvalue weighted by Crippen LogP contribution is 2.40. The number of benzene rings is 1. The van der Waals surface area contributed by atoms with E-state index in [1.807, 2.05) is 11.0 Å². The van der Waals surface area contributed by atoms with Crippen molar-refractivity contribution in [2.75, 3.05) is 52.2 Å². The molecule has 0 saturated carbocycles. The molecule has 1 atom stereocenters. The molecule has 6 nitrogen and oxygen atoms in total. The van der Waals surface area contributed by atoms with Crippen LogP contribution in [0.3, 0.4) is 0 Å². The predicted molar refractivity (Wildman–Crippen MR) is 99.7 cm³/mol. The van der Waals surface area contributed by atoms with Crippen LogP contribution in [0, 0.1) is 5.41 Å². The van der Waals surface area contributed by atoms with E-state index >= 15 is 0 Å². The zero-order valence-electron chi connectivity index (χ0n) is 15.4. The van der Waals surface area contributed by atoms with Crippen molar-refractivity contribution in [3.8, 4) is 0 Å². The lowest BCUT2D eigenvalue weighted by Gasteiger charge is -2.39. The van der Waals surface area contributed by atoms with Gasteiger partial charge in [-0.05, 0) is 37.9 Å². The summed E-state index contributed by atoms with van der Waals surface area (Å²) in [6, 6.07) is 8.58. The topological polar surface area (TPSA) is 66.9 Å². The van der Waals surface area contributed by atoms with Crippen molar-refractivity contribution in [3.63, 3.8) is 0 Å². The van der Waals surface area contributed by atoms with Crippen molar-refractivity contribution in [1.82, 2.24) is 9.80 Å². The number of carbonyl (C=O) groups excluding carboxylic acids is 1. The van der Waals surface area contributed by atoms with E-state index in [4.69, 9.17) is 4.74 Å². The Bertz CT molecular complexity index is 722. The second kappa shape index (κ2) is 8.06. The van der Waals surface area contributed by atoms with E-state index in [1.54, 1.807) is 31.4 Å². The van der Waals surface area contributed by atoms with E-state index in [1.165, 1.54) is 0 Å². The van der Waals surface area contributed by atoms with Gasteiger partial charge in [0.15, 0.2) is 9.84 Å². The molecule has 1 amide bonds. The predicted octanol–water partition coefficient (Wildman–Crippen LogP) is 1.42. The fourth-order valence-corrected chi connectivity index (χ4v) is 5.40. The SMILES string of the molecule is COCCN1CCC[C@@]2(CCN(CCS(=O)(=O)c3ccccc3)C2)C1=O. The van der Waals surface area contributed by atoms with Crippen LogP contribution < -0.4 is 0 Å². The molecule has 2 saturated heterocycles. The molecule has 144 valence electrons. The van der Waals surface area contributed by atoms with Gasteiger partial charge in [0, 0.05) is 33.3 Å². The minimum Gasteiger partial charge on any atom is -0.383 e. The van der Waals surface area contributed by atoms with Crippen molar-refractivity contribution in [1.29, 1.82) is 0 Å². The van der Waals surface area contributed by atoms with Crippen molar-refractivity contribution < 1.29 is 17.9 Å². The highest BCUT2D eigenvalue weighted by Gasteiger charge is 2.48. The average Bonchev–Trinajstić information content (AvgIpc) is 3.06. The summed E-state index contributed by atoms with van der Waals surface area (Å²) in [4.78, 5) is 17.4. The number of likely N-dealkylation sites (tertiary alicyclic amines) is 2. The Hall–Kier alpha value is -1.44. The molecule has 2 fully saturated rings. The van der Waals surface area contributed by atoms with Crippen LogP contribution in [-0.4, -0.2) is 76.3 Å². The smallest absolute Gasteiger partial charge is 0.230 e. The molecule has 2 aliphatic heterocycles. The van der Waals surface area contributed by atoms with Gasteiger partial charge >= 0.3 is 0 Å². The molecule has 7 heteroatoms. The summed E-state index contributed by atoms with van der Waals surface area (Å²) in [5.41, 5.74) is -0.331. The molecule has 2 heterocycles. The Labute approximate surface area is 156 Å². The second-order valence-electron chi connectivity index (χ2n) is 7.33. The Balaban J connectivity index is 1.59. The Morgan fingerprint density at radius 1 is 1.12 bits per heavy atom. The molecule has 0 N–H and O–H groups in total. The molecule has 0 aliphatic carbocycles. The molecular weight excluding hydrogens is 352 g/mol. The molecule has 0 bridgehead atoms. The Morgan fingerprint density at radius 2 is 1.88 bits per heavy atom. The molecular formula is C19H28N2O4S. The molecule has 0 aromatic heterocycles. The minimum absolute atomic E-state index is 0.0919. The van der Waals surface area contributed by atoms with Gasteiger partial charge in [-0.1, -0.05) is 18.2 Å². The number of methoxy groups -OCH3 is 1. The standard InChI is InChI=1S/C19H28N2O4S/c1-25-14-12-21-10-5-8-19(18(21)22)9-11-20(16-19)13-15-26(23,24)17-6-3-2-4-7-17/h2-4,6-7H,5,8-16H2,1H3/t19-/m0/s1. The third kappa shape index (κ3) is 4.10. The molecule has 1 aromatic carbocycles. The largest absolute Gasteiger partial charge is 0.383 e. The number of rotatable bonds is 7. The van der Waals surface area contributed by atoms with Gasteiger partial charge in [0.25, 0.3) is 0 Å². The van der Waals surface area contributed by atoms with E-state index in [0.29, 0.717) is 31.1 Å². The number of sulfone groups is 1. The molecule has 3 rings (SSSR count). The molecule has 1 spiro atoms. The zero-order valence-corrected chi connectivity index (χ0v) is 16.2. The lowest BCUT2D eigenvalue weighted by Crippen LogP contribution is -2.51. The van der Waals surface area contributed by atoms with Crippen molar-refractivity contribution in [2.24, 2.45) is 5.41 Å². The Morgan fingerprint density at radius 3 is 2.62 bits per heavy atom. The summed E-state index contributed by atoms with van der Waals surface area (Å²) in [5.74, 6) is 0.309. The van der Waals surface area contributed by atoms with Crippen LogP contribution in [0.2, 0.25) is 0 Å². The van der Waals surface area contributed by atoms with Gasteiger partial charge in [0.2, 0.25) is 5.91 Å². The van der Waals surface area contributed by atoms with E-state index in [0.717, 1.165) is 32.4 Å². The van der Waals surface area contributed by atoms with Crippen LogP contribution in [0.25, 0.3) is 0 Å². The quantitative estimate of drug-likeness (QED) is 0.716. The molecule has 0 unspecified atom stereocenters. The summed E-state index contributed by atoms with van der Waals surface area (Å²) in [5, 5.41) is 0. The summed E-state index contributed by atoms with van der Waals surface area (Å²) in [6.07, 6.45) is 2.73. The maximum Gasteiger partial charge on any atom is 0.230 e. The van der Waals surface area contributed by atoms with E-state index < -0.39 is 9.84 Å². The fourth-order valence-electron chi connectivity index (χ4n) is 4.09. The van der Waals surface area contributed by atoms with Gasteiger partial charge in [0.1, 0.15) is 0 Å². The molecule has 2 aliphatic rings. The molecule has 1 aromatic rings. The van der Waals surface area contributed by atoms with Crippen LogP contribution in [0.5, 0.6) is 0 Å². The third-order valence-corrected chi connectivity index (χ3v) is 7.31. The fraction of sp³-hybridized carbons (Fsp3) is 0.632. The first-order valence-corrected chi connectivity index (χ1v) is 10.9. The maximum absolute atomic E-state index is 12.9. The van der Waals surface area contributed by atoms with E-state index in [9.17, 15) is 13.2 Å². The van der Waals surface area contributed by atoms with Crippen LogP contribution in [0.4, 0.5) is 0 Å². The number of carbonyl (C=O) groups is 1. The number of amides is 1. The first-order chi connectivity index (χ1) is 12.5. The summed E-state index contributed by atoms with van der Waals surface area (Å²) in [6.45, 7) is 3.92. The number of hydrogen-bond acceptors (Lipinski definition) is 5. The van der Waals surface area contributed by atoms with Crippen molar-refractivity contribution >= 4 is 15.7 Å². The van der Waals surface area contributed by atoms with Gasteiger partial charge in [-0.3, -0.25) is 4.79 Å². The summed E-state index contributed by atoms with van der Waals surface area (Å²) < 4.78 is 30.1. The summed E-state index contributed by atoms with van der Waals surface area (Å²) in [7, 11) is -1.63. The number of hydrogen-bond donors (Lipinski definition) is 0. The minimum atomic E-state index is -3.28. The van der Waals surface area contributed by atoms with Crippen molar-refractivity contribution in [3.05, 3.63) is 30.3 Å². The summed E-state index contributed by atoms with van der Waals surface area (Å²) >= 11 is 0. The van der Waals surface area contributed by atoms with Gasteiger partial charge < -0.3 is 14.5 Å². The van der Waals surface area contributed by atoms with Crippen LogP contribution in [0.15, 0.2) is 35.2 Å². The third-order valence-electron chi connectivity index (χ3n) is 5.60. The van der Waals surface area contributed by atoms with Gasteiger partial charge in [0.05, 0.1) is 22.7 Å². The normalized spacial score (nSPS) is 24.5. The maximum atomic E-state index is 12.9. The van der Waals surface area contributed by atoms with Gasteiger partial charge in [-0.15, -0.1) is 0 Å². The van der Waals surface area contributed by atoms with Gasteiger partial charge in [-0.2, -0.15) is 0 Å². The highest BCUT2D eigenvalue weighted by molar-refractivity contribution is 7.91. The van der Waals surface area contributed by atoms with Crippen molar-refractivity contribution in [2.45, 2.75) is 24.2 Å². The number of nitrogens with zero attached hydrogens (tertiary/aromatic N) is 2. The Kier molecular flexibility index (Phi) is 5.99. The van der Waals surface area contributed by atoms with E-state index in [-0.39, 0.29) is 17.1 Å². The first kappa shape index (κ1) is 19.3. The van der Waals surface area contributed by atoms with E-state index in [2.05, 4.69) is 4.90 Å². The highest BCUT2D eigenvalue weighted by atomic mass is 32.2. The molecule has 26 heavy (non-hydrogen) atoms. The molecule has 0 radical (unpaired) electrons. The van der Waals surface area contributed by atoms with Crippen LogP contribution >= 0.6 is 0 Å². The van der Waals surface area contributed by atoms with Gasteiger partial charge in [-0.25, -0.2) is 8.42 Å². The number of ether oxygens (including phenoxy) is 1. The number of piperidine rings is 1. The first-order valence-electron chi connectivity index (χ1n) is 9.25. The van der Waals surface area contributed by atoms with Crippen LogP contribution in [0.1, 0.15) is 19.3 Å². The lowest BCUT2D eigenvalue weighted by atomic mass is 9.78. The lowest BCUT2D eigenvalue weighted by molar-refractivity contribution is -0.146. The monoisotopic (exact) mass is 380 g/mol. The second-order valence-corrected chi connectivity index (χ2v) is 9.44. The average molecular weight is 381 g/mol. The van der Waals surface area contributed by atoms with Crippen LogP contribution in [-0.2, 0) is 19.4 Å².